The van der Waals surface area contributed by atoms with Crippen LogP contribution in [-0.4, -0.2) is 0 Å². The second kappa shape index (κ2) is 5.85. The van der Waals surface area contributed by atoms with Crippen LogP contribution in [0, 0.1) is 6.92 Å². The highest BCUT2D eigenvalue weighted by atomic mass is 32.1. The molecule has 0 aliphatic carbocycles. The van der Waals surface area contributed by atoms with Crippen LogP contribution in [0.5, 0.6) is 0 Å². The first kappa shape index (κ1) is 11.3. The van der Waals surface area contributed by atoms with E-state index in [1.54, 1.807) is 0 Å². The summed E-state index contributed by atoms with van der Waals surface area (Å²) in [7, 11) is 0. The average Bonchev–Trinajstić information content (AvgIpc) is 2.59. The van der Waals surface area contributed by atoms with E-state index in [4.69, 9.17) is 0 Å². The van der Waals surface area contributed by atoms with Gasteiger partial charge in [-0.3, -0.25) is 0 Å². The van der Waals surface area contributed by atoms with Gasteiger partial charge in [0.05, 0.1) is 0 Å². The van der Waals surface area contributed by atoms with Crippen molar-refractivity contribution >= 4 is 16.9 Å². The number of hydrogen-bond acceptors (Lipinski definition) is 1. The zero-order chi connectivity index (χ0) is 10.4. The van der Waals surface area contributed by atoms with Crippen LogP contribution < -0.4 is 0 Å². The summed E-state index contributed by atoms with van der Waals surface area (Å²) < 4.78 is 0. The number of hydrogen-bond donors (Lipinski definition) is 0. The van der Waals surface area contributed by atoms with Gasteiger partial charge in [-0.1, -0.05) is 20.3 Å². The van der Waals surface area contributed by atoms with Crippen LogP contribution >= 0.6 is 11.3 Å². The first-order valence-electron chi connectivity index (χ1n) is 5.28. The molecule has 0 aliphatic rings. The van der Waals surface area contributed by atoms with Crippen molar-refractivity contribution in [2.75, 3.05) is 0 Å². The molecule has 0 unspecified atom stereocenters. The molecule has 0 aromatic carbocycles. The van der Waals surface area contributed by atoms with Gasteiger partial charge < -0.3 is 0 Å². The van der Waals surface area contributed by atoms with E-state index in [1.807, 2.05) is 11.3 Å². The number of rotatable bonds is 4. The number of aryl methyl sites for hydroxylation is 1. The molecule has 0 saturated carbocycles. The largest absolute Gasteiger partial charge is 0.143 e. The Bertz CT molecular complexity index is 338. The van der Waals surface area contributed by atoms with Gasteiger partial charge in [-0.05, 0) is 42.9 Å². The standard InChI is InChI=1S/C13H18S/c1-4-6-8-12(7-5-2)13-11(3)9-10-14-13/h6,9-10H,4-5,7H2,1-3H3. The van der Waals surface area contributed by atoms with E-state index in [2.05, 4.69) is 44.0 Å². The van der Waals surface area contributed by atoms with Crippen LogP contribution in [0.2, 0.25) is 0 Å². The summed E-state index contributed by atoms with van der Waals surface area (Å²) in [5, 5.41) is 2.16. The molecule has 0 aliphatic heterocycles. The molecule has 1 rings (SSSR count). The van der Waals surface area contributed by atoms with E-state index in [0.29, 0.717) is 0 Å². The first-order chi connectivity index (χ1) is 6.79. The molecule has 76 valence electrons. The van der Waals surface area contributed by atoms with E-state index in [1.165, 1.54) is 22.4 Å². The van der Waals surface area contributed by atoms with Crippen molar-refractivity contribution in [3.05, 3.63) is 33.7 Å². The normalized spacial score (nSPS) is 9.64. The predicted molar refractivity (Wildman–Crippen MR) is 65.7 cm³/mol. The lowest BCUT2D eigenvalue weighted by Crippen LogP contribution is -1.81. The highest BCUT2D eigenvalue weighted by molar-refractivity contribution is 7.11. The lowest BCUT2D eigenvalue weighted by Gasteiger charge is -2.01. The Kier molecular flexibility index (Phi) is 4.72. The Labute approximate surface area is 91.0 Å². The fourth-order valence-electron chi connectivity index (χ4n) is 1.41. The third kappa shape index (κ3) is 2.87. The molecule has 0 nitrogen and oxygen atoms in total. The summed E-state index contributed by atoms with van der Waals surface area (Å²) in [5.74, 6) is 0. The molecular formula is C13H18S. The van der Waals surface area contributed by atoms with Gasteiger partial charge in [0, 0.05) is 10.5 Å². The van der Waals surface area contributed by atoms with Gasteiger partial charge in [-0.15, -0.1) is 17.1 Å². The van der Waals surface area contributed by atoms with Gasteiger partial charge in [0.2, 0.25) is 0 Å². The molecule has 1 aromatic rings. The highest BCUT2D eigenvalue weighted by Crippen LogP contribution is 2.27. The van der Waals surface area contributed by atoms with E-state index in [0.717, 1.165) is 12.8 Å². The Morgan fingerprint density at radius 2 is 2.29 bits per heavy atom. The molecular weight excluding hydrogens is 188 g/mol. The van der Waals surface area contributed by atoms with Crippen molar-refractivity contribution in [3.8, 4) is 0 Å². The van der Waals surface area contributed by atoms with Crippen LogP contribution in [0.25, 0.3) is 5.57 Å². The van der Waals surface area contributed by atoms with Crippen molar-refractivity contribution in [2.45, 2.75) is 40.0 Å². The molecule has 0 fully saturated rings. The second-order valence-corrected chi connectivity index (χ2v) is 4.33. The minimum Gasteiger partial charge on any atom is -0.143 e. The maximum atomic E-state index is 3.42. The molecule has 0 N–H and O–H groups in total. The molecule has 0 amide bonds. The Morgan fingerprint density at radius 1 is 1.50 bits per heavy atom. The van der Waals surface area contributed by atoms with Crippen molar-refractivity contribution in [3.63, 3.8) is 0 Å². The van der Waals surface area contributed by atoms with Crippen LogP contribution in [0.3, 0.4) is 0 Å². The minimum atomic E-state index is 1.07. The molecule has 1 heteroatoms. The van der Waals surface area contributed by atoms with E-state index in [-0.39, 0.29) is 0 Å². The van der Waals surface area contributed by atoms with Crippen molar-refractivity contribution in [1.29, 1.82) is 0 Å². The molecule has 1 heterocycles. The lowest BCUT2D eigenvalue weighted by molar-refractivity contribution is 0.975. The summed E-state index contributed by atoms with van der Waals surface area (Å²) in [4.78, 5) is 1.41. The van der Waals surface area contributed by atoms with Gasteiger partial charge in [0.1, 0.15) is 0 Å². The van der Waals surface area contributed by atoms with Crippen LogP contribution in [0.1, 0.15) is 43.6 Å². The fraction of sp³-hybridized carbons (Fsp3) is 0.462. The Balaban J connectivity index is 3.00. The maximum absolute atomic E-state index is 3.42. The molecule has 0 bridgehead atoms. The quantitative estimate of drug-likeness (QED) is 0.620. The minimum absolute atomic E-state index is 1.07. The molecule has 14 heavy (non-hydrogen) atoms. The van der Waals surface area contributed by atoms with Gasteiger partial charge >= 0.3 is 0 Å². The van der Waals surface area contributed by atoms with Crippen molar-refractivity contribution in [1.82, 2.24) is 0 Å². The first-order valence-corrected chi connectivity index (χ1v) is 6.16. The molecule has 0 saturated heterocycles. The Morgan fingerprint density at radius 3 is 2.79 bits per heavy atom. The van der Waals surface area contributed by atoms with Crippen LogP contribution in [-0.2, 0) is 0 Å². The van der Waals surface area contributed by atoms with Crippen LogP contribution in [0.4, 0.5) is 0 Å². The molecule has 0 radical (unpaired) electrons. The number of allylic oxidation sites excluding steroid dienone is 1. The van der Waals surface area contributed by atoms with E-state index in [9.17, 15) is 0 Å². The fourth-order valence-corrected chi connectivity index (χ4v) is 2.37. The molecule has 1 aromatic heterocycles. The van der Waals surface area contributed by atoms with Gasteiger partial charge in [0.25, 0.3) is 0 Å². The van der Waals surface area contributed by atoms with Gasteiger partial charge in [-0.25, -0.2) is 0 Å². The predicted octanol–water partition coefficient (Wildman–Crippen LogP) is 4.81. The second-order valence-electron chi connectivity index (χ2n) is 3.42. The van der Waals surface area contributed by atoms with Crippen molar-refractivity contribution in [2.24, 2.45) is 0 Å². The SMILES string of the molecule is CCC=C=C(CCC)c1sccc1C. The smallest absolute Gasteiger partial charge is 0.0408 e. The van der Waals surface area contributed by atoms with Crippen LogP contribution in [0.15, 0.2) is 23.3 Å². The Hall–Kier alpha value is -0.780. The average molecular weight is 206 g/mol. The monoisotopic (exact) mass is 206 g/mol. The topological polar surface area (TPSA) is 0 Å². The van der Waals surface area contributed by atoms with E-state index < -0.39 is 0 Å². The summed E-state index contributed by atoms with van der Waals surface area (Å²) in [6, 6.07) is 2.18. The zero-order valence-electron chi connectivity index (χ0n) is 9.26. The third-order valence-corrected chi connectivity index (χ3v) is 3.19. The van der Waals surface area contributed by atoms with Gasteiger partial charge in [0.15, 0.2) is 0 Å². The summed E-state index contributed by atoms with van der Waals surface area (Å²) >= 11 is 1.83. The van der Waals surface area contributed by atoms with E-state index >= 15 is 0 Å². The third-order valence-electron chi connectivity index (χ3n) is 2.12. The maximum Gasteiger partial charge on any atom is 0.0408 e. The van der Waals surface area contributed by atoms with Gasteiger partial charge in [-0.2, -0.15) is 0 Å². The highest BCUT2D eigenvalue weighted by Gasteiger charge is 2.04. The van der Waals surface area contributed by atoms with Crippen molar-refractivity contribution < 1.29 is 0 Å². The molecule has 0 spiro atoms. The summed E-state index contributed by atoms with van der Waals surface area (Å²) in [6.07, 6.45) is 5.52. The summed E-state index contributed by atoms with van der Waals surface area (Å²) in [5.41, 5.74) is 6.18. The summed E-state index contributed by atoms with van der Waals surface area (Å²) in [6.45, 7) is 6.55. The lowest BCUT2D eigenvalue weighted by atomic mass is 10.1. The number of thiophene rings is 1. The molecule has 0 atom stereocenters. The zero-order valence-corrected chi connectivity index (χ0v) is 10.1.